The van der Waals surface area contributed by atoms with Crippen LogP contribution in [-0.4, -0.2) is 32.5 Å². The van der Waals surface area contributed by atoms with Crippen LogP contribution in [0.4, 0.5) is 8.78 Å². The Bertz CT molecular complexity index is 1650. The predicted molar refractivity (Wildman–Crippen MR) is 126 cm³/mol. The molecule has 1 aliphatic rings. The van der Waals surface area contributed by atoms with Gasteiger partial charge in [-0.15, -0.1) is 0 Å². The molecule has 0 atom stereocenters. The first-order valence-electron chi connectivity index (χ1n) is 10.8. The molecule has 5 aromatic rings. The molecule has 0 aliphatic heterocycles. The number of fused-ring (bicyclic) bond motifs is 1. The summed E-state index contributed by atoms with van der Waals surface area (Å²) in [6.45, 7) is 0. The Morgan fingerprint density at radius 3 is 2.57 bits per heavy atom. The second-order valence-corrected chi connectivity index (χ2v) is 9.17. The maximum Gasteiger partial charge on any atom is 0.202 e. The quantitative estimate of drug-likeness (QED) is 0.353. The minimum absolute atomic E-state index is 0.186. The van der Waals surface area contributed by atoms with Gasteiger partial charge in [0.1, 0.15) is 23.8 Å². The molecule has 1 aliphatic carbocycles. The van der Waals surface area contributed by atoms with Gasteiger partial charge < -0.3 is 4.57 Å². The lowest BCUT2D eigenvalue weighted by Gasteiger charge is -2.17. The zero-order chi connectivity index (χ0) is 24.2. The van der Waals surface area contributed by atoms with Crippen molar-refractivity contribution in [2.24, 2.45) is 0 Å². The summed E-state index contributed by atoms with van der Waals surface area (Å²) in [5.74, 6) is -0.965. The van der Waals surface area contributed by atoms with E-state index < -0.39 is 28.1 Å². The maximum absolute atomic E-state index is 14.7. The van der Waals surface area contributed by atoms with Crippen LogP contribution in [0.3, 0.4) is 0 Å². The molecule has 0 spiro atoms. The fraction of sp³-hybridized carbons (Fsp3) is 0.125. The predicted octanol–water partition coefficient (Wildman–Crippen LogP) is 3.66. The molecule has 1 saturated carbocycles. The Morgan fingerprint density at radius 2 is 1.86 bits per heavy atom. The third kappa shape index (κ3) is 3.88. The Kier molecular flexibility index (Phi) is 4.97. The Labute approximate surface area is 200 Å². The molecule has 3 aromatic heterocycles. The SMILES string of the molecule is O=[SH](=O)NC1(c2cc(-c3ccc(F)cc3F)cc(-n3cnc4cc(-n5ccnc5)ccc43)n2)CC1. The number of imidazole rings is 2. The largest absolute Gasteiger partial charge is 0.306 e. The molecule has 3 heterocycles. The van der Waals surface area contributed by atoms with E-state index in [1.54, 1.807) is 35.6 Å². The van der Waals surface area contributed by atoms with Gasteiger partial charge >= 0.3 is 0 Å². The molecule has 2 aromatic carbocycles. The van der Waals surface area contributed by atoms with Gasteiger partial charge in [0.2, 0.25) is 10.9 Å². The number of aromatic nitrogens is 5. The molecule has 176 valence electrons. The molecule has 0 saturated heterocycles. The van der Waals surface area contributed by atoms with Gasteiger partial charge in [-0.2, -0.15) is 0 Å². The number of halogens is 2. The number of hydrogen-bond acceptors (Lipinski definition) is 5. The summed E-state index contributed by atoms with van der Waals surface area (Å²) in [6, 6.07) is 12.4. The Balaban J connectivity index is 1.52. The lowest BCUT2D eigenvalue weighted by Crippen LogP contribution is -2.28. The van der Waals surface area contributed by atoms with Crippen molar-refractivity contribution >= 4 is 21.9 Å². The van der Waals surface area contributed by atoms with Gasteiger partial charge in [0, 0.05) is 29.7 Å². The van der Waals surface area contributed by atoms with E-state index in [1.165, 1.54) is 12.1 Å². The number of nitrogens with zero attached hydrogens (tertiary/aromatic N) is 5. The second-order valence-electron chi connectivity index (χ2n) is 8.43. The van der Waals surface area contributed by atoms with Crippen molar-refractivity contribution in [2.45, 2.75) is 18.4 Å². The van der Waals surface area contributed by atoms with Crippen LogP contribution in [0, 0.1) is 11.6 Å². The number of rotatable bonds is 6. The van der Waals surface area contributed by atoms with Crippen LogP contribution in [0.25, 0.3) is 33.7 Å². The molecule has 8 nitrogen and oxygen atoms in total. The standard InChI is InChI=1S/C24H18F2N6O2S/c25-16-1-3-18(19(26)11-16)15-9-22(24(5-6-24)30-35(33)34)29-23(10-15)32-14-28-20-12-17(2-4-21(20)32)31-8-7-27-13-31/h1-4,7-14,35H,5-6H2,(H,30,33,34). The number of hydrogen-bond donors (Lipinski definition) is 2. The van der Waals surface area contributed by atoms with Crippen LogP contribution >= 0.6 is 0 Å². The van der Waals surface area contributed by atoms with Crippen molar-refractivity contribution in [1.82, 2.24) is 28.8 Å². The molecule has 0 amide bonds. The number of benzene rings is 2. The smallest absolute Gasteiger partial charge is 0.202 e. The highest BCUT2D eigenvalue weighted by atomic mass is 32.2. The molecular formula is C24H18F2N6O2S. The third-order valence-corrected chi connectivity index (χ3v) is 6.79. The van der Waals surface area contributed by atoms with Crippen molar-refractivity contribution in [1.29, 1.82) is 0 Å². The van der Waals surface area contributed by atoms with Crippen LogP contribution in [0.2, 0.25) is 0 Å². The number of nitrogens with one attached hydrogen (secondary N) is 1. The van der Waals surface area contributed by atoms with Crippen LogP contribution in [0.5, 0.6) is 0 Å². The summed E-state index contributed by atoms with van der Waals surface area (Å²) in [5, 5.41) is 0. The lowest BCUT2D eigenvalue weighted by molar-refractivity contribution is 0.564. The van der Waals surface area contributed by atoms with Crippen LogP contribution in [-0.2, 0) is 16.4 Å². The molecule has 1 fully saturated rings. The highest BCUT2D eigenvalue weighted by molar-refractivity contribution is 7.70. The highest BCUT2D eigenvalue weighted by Gasteiger charge is 2.47. The molecule has 0 radical (unpaired) electrons. The van der Waals surface area contributed by atoms with E-state index >= 15 is 0 Å². The van der Waals surface area contributed by atoms with E-state index in [0.29, 0.717) is 35.4 Å². The third-order valence-electron chi connectivity index (χ3n) is 6.18. The van der Waals surface area contributed by atoms with E-state index in [2.05, 4.69) is 14.7 Å². The number of pyridine rings is 1. The summed E-state index contributed by atoms with van der Waals surface area (Å²) < 4.78 is 57.4. The number of thiol groups is 1. The van der Waals surface area contributed by atoms with Gasteiger partial charge in [-0.25, -0.2) is 36.9 Å². The van der Waals surface area contributed by atoms with Gasteiger partial charge in [0.15, 0.2) is 0 Å². The fourth-order valence-corrected chi connectivity index (χ4v) is 4.93. The van der Waals surface area contributed by atoms with E-state index in [1.807, 2.05) is 29.0 Å². The maximum atomic E-state index is 14.7. The Hall–Kier alpha value is -3.96. The van der Waals surface area contributed by atoms with E-state index in [0.717, 1.165) is 17.3 Å². The molecular weight excluding hydrogens is 474 g/mol. The summed E-state index contributed by atoms with van der Waals surface area (Å²) in [5.41, 5.74) is 2.61. The van der Waals surface area contributed by atoms with Gasteiger partial charge in [-0.3, -0.25) is 4.57 Å². The summed E-state index contributed by atoms with van der Waals surface area (Å²) in [4.78, 5) is 13.3. The summed E-state index contributed by atoms with van der Waals surface area (Å²) in [6.07, 6.45) is 7.95. The molecule has 1 N–H and O–H groups in total. The Morgan fingerprint density at radius 1 is 1.00 bits per heavy atom. The van der Waals surface area contributed by atoms with Crippen molar-refractivity contribution in [3.63, 3.8) is 0 Å². The molecule has 6 rings (SSSR count). The van der Waals surface area contributed by atoms with Gasteiger partial charge in [0.05, 0.1) is 28.6 Å². The first kappa shape index (κ1) is 21.6. The van der Waals surface area contributed by atoms with E-state index in [9.17, 15) is 17.2 Å². The second kappa shape index (κ2) is 8.07. The molecule has 0 unspecified atom stereocenters. The average molecular weight is 493 g/mol. The molecule has 35 heavy (non-hydrogen) atoms. The topological polar surface area (TPSA) is 94.7 Å². The minimum Gasteiger partial charge on any atom is -0.306 e. The van der Waals surface area contributed by atoms with Crippen LogP contribution in [0.15, 0.2) is 73.6 Å². The van der Waals surface area contributed by atoms with Gasteiger partial charge in [-0.1, -0.05) is 0 Å². The fourth-order valence-electron chi connectivity index (χ4n) is 4.24. The zero-order valence-corrected chi connectivity index (χ0v) is 19.0. The first-order valence-corrected chi connectivity index (χ1v) is 12.0. The monoisotopic (exact) mass is 492 g/mol. The van der Waals surface area contributed by atoms with Gasteiger partial charge in [-0.05, 0) is 60.9 Å². The minimum atomic E-state index is -2.87. The normalized spacial score (nSPS) is 14.6. The van der Waals surface area contributed by atoms with Crippen molar-refractivity contribution < 1.29 is 17.2 Å². The van der Waals surface area contributed by atoms with E-state index in [-0.39, 0.29) is 5.56 Å². The average Bonchev–Trinajstić information content (AvgIpc) is 3.22. The van der Waals surface area contributed by atoms with Crippen molar-refractivity contribution in [3.05, 3.63) is 90.9 Å². The van der Waals surface area contributed by atoms with E-state index in [4.69, 9.17) is 4.98 Å². The summed E-state index contributed by atoms with van der Waals surface area (Å²) in [7, 11) is -2.87. The van der Waals surface area contributed by atoms with Crippen molar-refractivity contribution in [3.8, 4) is 22.6 Å². The van der Waals surface area contributed by atoms with Crippen LogP contribution < -0.4 is 4.72 Å². The molecule has 11 heteroatoms. The summed E-state index contributed by atoms with van der Waals surface area (Å²) >= 11 is 0. The lowest BCUT2D eigenvalue weighted by atomic mass is 10.0. The highest BCUT2D eigenvalue weighted by Crippen LogP contribution is 2.46. The van der Waals surface area contributed by atoms with Gasteiger partial charge in [0.25, 0.3) is 0 Å². The molecule has 0 bridgehead atoms. The van der Waals surface area contributed by atoms with Crippen LogP contribution in [0.1, 0.15) is 18.5 Å². The van der Waals surface area contributed by atoms with Crippen molar-refractivity contribution in [2.75, 3.05) is 0 Å². The zero-order valence-electron chi connectivity index (χ0n) is 18.1. The first-order chi connectivity index (χ1) is 16.9.